The molecule has 0 spiro atoms. The SMILES string of the molecule is COc1ccc(O)c2c(OC(C)C)cccc12. The second kappa shape index (κ2) is 4.53. The number of hydrogen-bond donors (Lipinski definition) is 1. The van der Waals surface area contributed by atoms with Crippen LogP contribution in [0.4, 0.5) is 0 Å². The number of phenols is 1. The molecule has 0 aliphatic rings. The summed E-state index contributed by atoms with van der Waals surface area (Å²) in [5, 5.41) is 11.5. The molecule has 0 bridgehead atoms. The standard InChI is InChI=1S/C14H16O3/c1-9(2)17-13-6-4-5-10-12(16-3)8-7-11(15)14(10)13/h4-9,15H,1-3H3. The maximum Gasteiger partial charge on any atom is 0.131 e. The lowest BCUT2D eigenvalue weighted by Gasteiger charge is -2.14. The number of aromatic hydroxyl groups is 1. The van der Waals surface area contributed by atoms with Crippen LogP contribution >= 0.6 is 0 Å². The molecule has 2 aromatic carbocycles. The monoisotopic (exact) mass is 232 g/mol. The summed E-state index contributed by atoms with van der Waals surface area (Å²) in [6.45, 7) is 3.91. The molecular weight excluding hydrogens is 216 g/mol. The molecule has 2 aromatic rings. The van der Waals surface area contributed by atoms with Gasteiger partial charge >= 0.3 is 0 Å². The molecule has 0 aliphatic carbocycles. The van der Waals surface area contributed by atoms with Gasteiger partial charge in [-0.25, -0.2) is 0 Å². The van der Waals surface area contributed by atoms with E-state index in [9.17, 15) is 5.11 Å². The van der Waals surface area contributed by atoms with Crippen LogP contribution in [0.5, 0.6) is 17.2 Å². The summed E-state index contributed by atoms with van der Waals surface area (Å²) < 4.78 is 11.0. The van der Waals surface area contributed by atoms with E-state index in [0.717, 1.165) is 11.1 Å². The highest BCUT2D eigenvalue weighted by molar-refractivity contribution is 5.97. The fourth-order valence-corrected chi connectivity index (χ4v) is 1.86. The molecule has 0 aromatic heterocycles. The maximum absolute atomic E-state index is 9.95. The summed E-state index contributed by atoms with van der Waals surface area (Å²) in [6, 6.07) is 9.01. The Labute approximate surface area is 101 Å². The summed E-state index contributed by atoms with van der Waals surface area (Å²) in [7, 11) is 1.61. The average Bonchev–Trinajstić information content (AvgIpc) is 2.29. The number of rotatable bonds is 3. The first kappa shape index (κ1) is 11.6. The van der Waals surface area contributed by atoms with Crippen LogP contribution in [-0.2, 0) is 0 Å². The first-order valence-electron chi connectivity index (χ1n) is 5.59. The van der Waals surface area contributed by atoms with Crippen LogP contribution in [0.3, 0.4) is 0 Å². The Kier molecular flexibility index (Phi) is 3.09. The minimum atomic E-state index is 0.0613. The van der Waals surface area contributed by atoms with E-state index in [1.54, 1.807) is 19.2 Å². The molecule has 3 heteroatoms. The Morgan fingerprint density at radius 1 is 1.06 bits per heavy atom. The van der Waals surface area contributed by atoms with Crippen molar-refractivity contribution in [3.8, 4) is 17.2 Å². The van der Waals surface area contributed by atoms with Crippen molar-refractivity contribution in [1.29, 1.82) is 0 Å². The number of hydrogen-bond acceptors (Lipinski definition) is 3. The predicted molar refractivity (Wildman–Crippen MR) is 67.9 cm³/mol. The minimum absolute atomic E-state index is 0.0613. The zero-order valence-electron chi connectivity index (χ0n) is 10.2. The van der Waals surface area contributed by atoms with Crippen molar-refractivity contribution >= 4 is 10.8 Å². The lowest BCUT2D eigenvalue weighted by molar-refractivity contribution is 0.245. The van der Waals surface area contributed by atoms with Crippen molar-refractivity contribution in [2.45, 2.75) is 20.0 Å². The fraction of sp³-hybridized carbons (Fsp3) is 0.286. The molecule has 0 fully saturated rings. The van der Waals surface area contributed by atoms with E-state index < -0.39 is 0 Å². The molecule has 0 unspecified atom stereocenters. The molecule has 0 saturated heterocycles. The van der Waals surface area contributed by atoms with Gasteiger partial charge in [0.15, 0.2) is 0 Å². The molecule has 2 rings (SSSR count). The molecule has 0 amide bonds. The van der Waals surface area contributed by atoms with Gasteiger partial charge in [0.2, 0.25) is 0 Å². The van der Waals surface area contributed by atoms with Crippen molar-refractivity contribution in [2.24, 2.45) is 0 Å². The van der Waals surface area contributed by atoms with Crippen LogP contribution in [0.15, 0.2) is 30.3 Å². The second-order valence-electron chi connectivity index (χ2n) is 4.13. The topological polar surface area (TPSA) is 38.7 Å². The summed E-state index contributed by atoms with van der Waals surface area (Å²) >= 11 is 0. The molecule has 0 atom stereocenters. The van der Waals surface area contributed by atoms with Crippen molar-refractivity contribution in [3.63, 3.8) is 0 Å². The third-order valence-corrected chi connectivity index (χ3v) is 2.52. The Bertz CT molecular complexity index is 532. The van der Waals surface area contributed by atoms with Crippen molar-refractivity contribution < 1.29 is 14.6 Å². The van der Waals surface area contributed by atoms with Crippen LogP contribution < -0.4 is 9.47 Å². The van der Waals surface area contributed by atoms with E-state index in [2.05, 4.69) is 0 Å². The number of fused-ring (bicyclic) bond motifs is 1. The Morgan fingerprint density at radius 3 is 2.47 bits per heavy atom. The summed E-state index contributed by atoms with van der Waals surface area (Å²) in [5.41, 5.74) is 0. The van der Waals surface area contributed by atoms with Crippen LogP contribution in [0, 0.1) is 0 Å². The highest BCUT2D eigenvalue weighted by Crippen LogP contribution is 2.38. The number of phenolic OH excluding ortho intramolecular Hbond substituents is 1. The van der Waals surface area contributed by atoms with E-state index in [-0.39, 0.29) is 11.9 Å². The van der Waals surface area contributed by atoms with Crippen molar-refractivity contribution in [1.82, 2.24) is 0 Å². The second-order valence-corrected chi connectivity index (χ2v) is 4.13. The van der Waals surface area contributed by atoms with Gasteiger partial charge in [-0.1, -0.05) is 12.1 Å². The molecule has 0 aliphatic heterocycles. The lowest BCUT2D eigenvalue weighted by atomic mass is 10.1. The summed E-state index contributed by atoms with van der Waals surface area (Å²) in [4.78, 5) is 0. The Balaban J connectivity index is 2.70. The Morgan fingerprint density at radius 2 is 1.82 bits per heavy atom. The minimum Gasteiger partial charge on any atom is -0.507 e. The van der Waals surface area contributed by atoms with Crippen LogP contribution in [-0.4, -0.2) is 18.3 Å². The average molecular weight is 232 g/mol. The van der Waals surface area contributed by atoms with E-state index in [4.69, 9.17) is 9.47 Å². The van der Waals surface area contributed by atoms with Crippen LogP contribution in [0.25, 0.3) is 10.8 Å². The van der Waals surface area contributed by atoms with Crippen molar-refractivity contribution in [2.75, 3.05) is 7.11 Å². The van der Waals surface area contributed by atoms with Gasteiger partial charge in [-0.05, 0) is 32.0 Å². The smallest absolute Gasteiger partial charge is 0.131 e. The molecule has 0 saturated carbocycles. The van der Waals surface area contributed by atoms with E-state index in [0.29, 0.717) is 11.1 Å². The Hall–Kier alpha value is -1.90. The first-order valence-corrected chi connectivity index (χ1v) is 5.59. The predicted octanol–water partition coefficient (Wildman–Crippen LogP) is 3.34. The van der Waals surface area contributed by atoms with Gasteiger partial charge < -0.3 is 14.6 Å². The van der Waals surface area contributed by atoms with Gasteiger partial charge in [0.25, 0.3) is 0 Å². The van der Waals surface area contributed by atoms with Crippen LogP contribution in [0.1, 0.15) is 13.8 Å². The number of ether oxygens (including phenoxy) is 2. The molecule has 0 radical (unpaired) electrons. The van der Waals surface area contributed by atoms with E-state index in [1.165, 1.54) is 0 Å². The third kappa shape index (κ3) is 2.13. The largest absolute Gasteiger partial charge is 0.507 e. The number of methoxy groups -OCH3 is 1. The van der Waals surface area contributed by atoms with Gasteiger partial charge in [0.1, 0.15) is 17.2 Å². The number of benzene rings is 2. The van der Waals surface area contributed by atoms with Gasteiger partial charge in [-0.3, -0.25) is 0 Å². The molecule has 17 heavy (non-hydrogen) atoms. The quantitative estimate of drug-likeness (QED) is 0.882. The van der Waals surface area contributed by atoms with Gasteiger partial charge in [0.05, 0.1) is 18.6 Å². The van der Waals surface area contributed by atoms with Crippen molar-refractivity contribution in [3.05, 3.63) is 30.3 Å². The molecular formula is C14H16O3. The molecule has 90 valence electrons. The molecule has 0 heterocycles. The zero-order valence-corrected chi connectivity index (χ0v) is 10.2. The molecule has 3 nitrogen and oxygen atoms in total. The molecule has 1 N–H and O–H groups in total. The van der Waals surface area contributed by atoms with E-state index >= 15 is 0 Å². The fourth-order valence-electron chi connectivity index (χ4n) is 1.86. The first-order chi connectivity index (χ1) is 8.13. The highest BCUT2D eigenvalue weighted by atomic mass is 16.5. The lowest BCUT2D eigenvalue weighted by Crippen LogP contribution is -2.05. The van der Waals surface area contributed by atoms with Gasteiger partial charge in [0, 0.05) is 5.39 Å². The van der Waals surface area contributed by atoms with Gasteiger partial charge in [-0.2, -0.15) is 0 Å². The highest BCUT2D eigenvalue weighted by Gasteiger charge is 2.11. The maximum atomic E-state index is 9.95. The normalized spacial score (nSPS) is 10.8. The van der Waals surface area contributed by atoms with Crippen LogP contribution in [0.2, 0.25) is 0 Å². The zero-order chi connectivity index (χ0) is 12.4. The van der Waals surface area contributed by atoms with E-state index in [1.807, 2.05) is 32.0 Å². The van der Waals surface area contributed by atoms with Gasteiger partial charge in [-0.15, -0.1) is 0 Å². The summed E-state index contributed by atoms with van der Waals surface area (Å²) in [5.74, 6) is 1.61. The summed E-state index contributed by atoms with van der Waals surface area (Å²) in [6.07, 6.45) is 0.0613. The third-order valence-electron chi connectivity index (χ3n) is 2.52.